The fourth-order valence-corrected chi connectivity index (χ4v) is 4.54. The van der Waals surface area contributed by atoms with Gasteiger partial charge in [-0.1, -0.05) is 42.5 Å². The number of benzene rings is 2. The van der Waals surface area contributed by atoms with Crippen molar-refractivity contribution < 1.29 is 0 Å². The number of nitrogens with zero attached hydrogens (tertiary/aromatic N) is 2. The highest BCUT2D eigenvalue weighted by atomic mass is 32.1. The van der Waals surface area contributed by atoms with Crippen molar-refractivity contribution in [2.45, 2.75) is 19.4 Å². The molecule has 4 heteroatoms. The molecule has 2 heterocycles. The van der Waals surface area contributed by atoms with Gasteiger partial charge in [-0.3, -0.25) is 4.90 Å². The molecule has 118 valence electrons. The summed E-state index contributed by atoms with van der Waals surface area (Å²) < 4.78 is 0. The summed E-state index contributed by atoms with van der Waals surface area (Å²) in [6, 6.07) is 15.1. The highest BCUT2D eigenvalue weighted by Crippen LogP contribution is 2.28. The molecule has 0 saturated heterocycles. The second-order valence-corrected chi connectivity index (χ2v) is 7.28. The Bertz CT molecular complexity index is 819. The molecule has 0 spiro atoms. The van der Waals surface area contributed by atoms with Crippen molar-refractivity contribution in [3.05, 3.63) is 63.6 Å². The largest absolute Gasteiger partial charge is 0.329 e. The quantitative estimate of drug-likeness (QED) is 0.802. The van der Waals surface area contributed by atoms with Crippen LogP contribution in [-0.2, 0) is 19.4 Å². The number of fused-ring (bicyclic) bond motifs is 2. The standard InChI is InChI=1S/C19H21N3S/c20-9-11-22-10-8-17-18(13-22)23-19(21-17)12-15-6-3-5-14-4-1-2-7-16(14)15/h1-7H,8-13,20H2. The maximum atomic E-state index is 5.69. The molecule has 2 aromatic carbocycles. The third kappa shape index (κ3) is 3.02. The molecule has 1 aliphatic heterocycles. The molecular formula is C19H21N3S. The highest BCUT2D eigenvalue weighted by molar-refractivity contribution is 7.11. The van der Waals surface area contributed by atoms with Gasteiger partial charge in [0.15, 0.2) is 0 Å². The molecule has 4 rings (SSSR count). The van der Waals surface area contributed by atoms with Gasteiger partial charge in [0.2, 0.25) is 0 Å². The summed E-state index contributed by atoms with van der Waals surface area (Å²) in [6.45, 7) is 3.81. The van der Waals surface area contributed by atoms with Gasteiger partial charge in [0.1, 0.15) is 0 Å². The SMILES string of the molecule is NCCN1CCc2nc(Cc3cccc4ccccc34)sc2C1. The Morgan fingerprint density at radius 3 is 2.91 bits per heavy atom. The van der Waals surface area contributed by atoms with Crippen molar-refractivity contribution in [2.75, 3.05) is 19.6 Å². The van der Waals surface area contributed by atoms with Crippen LogP contribution >= 0.6 is 11.3 Å². The van der Waals surface area contributed by atoms with E-state index in [9.17, 15) is 0 Å². The molecule has 3 nitrogen and oxygen atoms in total. The Hall–Kier alpha value is -1.75. The van der Waals surface area contributed by atoms with Crippen molar-refractivity contribution >= 4 is 22.1 Å². The second kappa shape index (κ2) is 6.40. The third-order valence-electron chi connectivity index (χ3n) is 4.52. The van der Waals surface area contributed by atoms with Gasteiger partial charge in [-0.15, -0.1) is 11.3 Å². The average molecular weight is 323 g/mol. The van der Waals surface area contributed by atoms with Gasteiger partial charge in [-0.25, -0.2) is 4.98 Å². The van der Waals surface area contributed by atoms with E-state index in [0.29, 0.717) is 0 Å². The van der Waals surface area contributed by atoms with Crippen LogP contribution in [0.15, 0.2) is 42.5 Å². The van der Waals surface area contributed by atoms with Gasteiger partial charge in [-0.2, -0.15) is 0 Å². The average Bonchev–Trinajstić information content (AvgIpc) is 2.97. The molecule has 0 fully saturated rings. The van der Waals surface area contributed by atoms with Gasteiger partial charge in [0.05, 0.1) is 10.7 Å². The van der Waals surface area contributed by atoms with Gasteiger partial charge in [0, 0.05) is 43.9 Å². The lowest BCUT2D eigenvalue weighted by atomic mass is 10.0. The number of hydrogen-bond donors (Lipinski definition) is 1. The minimum Gasteiger partial charge on any atom is -0.329 e. The topological polar surface area (TPSA) is 42.1 Å². The fraction of sp³-hybridized carbons (Fsp3) is 0.316. The lowest BCUT2D eigenvalue weighted by Gasteiger charge is -2.24. The molecule has 0 atom stereocenters. The first-order valence-corrected chi connectivity index (χ1v) is 9.01. The first kappa shape index (κ1) is 14.8. The number of rotatable bonds is 4. The van der Waals surface area contributed by atoms with Crippen LogP contribution in [0.5, 0.6) is 0 Å². The van der Waals surface area contributed by atoms with Crippen molar-refractivity contribution in [3.63, 3.8) is 0 Å². The first-order valence-electron chi connectivity index (χ1n) is 8.20. The summed E-state index contributed by atoms with van der Waals surface area (Å²) in [5, 5.41) is 3.88. The Labute approximate surface area is 140 Å². The maximum absolute atomic E-state index is 5.69. The number of thiazole rings is 1. The van der Waals surface area contributed by atoms with Crippen LogP contribution in [0.4, 0.5) is 0 Å². The Morgan fingerprint density at radius 1 is 1.13 bits per heavy atom. The van der Waals surface area contributed by atoms with Crippen molar-refractivity contribution in [1.29, 1.82) is 0 Å². The van der Waals surface area contributed by atoms with Gasteiger partial charge >= 0.3 is 0 Å². The van der Waals surface area contributed by atoms with Crippen LogP contribution in [-0.4, -0.2) is 29.5 Å². The monoisotopic (exact) mass is 323 g/mol. The van der Waals surface area contributed by atoms with Gasteiger partial charge in [-0.05, 0) is 16.3 Å². The van der Waals surface area contributed by atoms with E-state index < -0.39 is 0 Å². The highest BCUT2D eigenvalue weighted by Gasteiger charge is 2.20. The summed E-state index contributed by atoms with van der Waals surface area (Å²) in [5.41, 5.74) is 8.36. The lowest BCUT2D eigenvalue weighted by molar-refractivity contribution is 0.263. The smallest absolute Gasteiger partial charge is 0.0975 e. The van der Waals surface area contributed by atoms with Gasteiger partial charge < -0.3 is 5.73 Å². The van der Waals surface area contributed by atoms with Crippen LogP contribution in [0.2, 0.25) is 0 Å². The van der Waals surface area contributed by atoms with Crippen LogP contribution in [0.1, 0.15) is 21.1 Å². The molecule has 23 heavy (non-hydrogen) atoms. The molecule has 0 unspecified atom stereocenters. The molecule has 3 aromatic rings. The minimum atomic E-state index is 0.733. The molecule has 0 aliphatic carbocycles. The molecule has 0 saturated carbocycles. The molecule has 2 N–H and O–H groups in total. The van der Waals surface area contributed by atoms with E-state index >= 15 is 0 Å². The zero-order chi connectivity index (χ0) is 15.6. The van der Waals surface area contributed by atoms with E-state index in [2.05, 4.69) is 47.4 Å². The van der Waals surface area contributed by atoms with Gasteiger partial charge in [0.25, 0.3) is 0 Å². The minimum absolute atomic E-state index is 0.733. The molecular weight excluding hydrogens is 302 g/mol. The van der Waals surface area contributed by atoms with Crippen LogP contribution in [0, 0.1) is 0 Å². The van der Waals surface area contributed by atoms with E-state index in [-0.39, 0.29) is 0 Å². The molecule has 1 aromatic heterocycles. The summed E-state index contributed by atoms with van der Waals surface area (Å²) in [6.07, 6.45) is 1.98. The van der Waals surface area contributed by atoms with E-state index in [1.165, 1.54) is 31.9 Å². The number of nitrogens with two attached hydrogens (primary N) is 1. The van der Waals surface area contributed by atoms with Crippen molar-refractivity contribution in [2.24, 2.45) is 5.73 Å². The Morgan fingerprint density at radius 2 is 2.00 bits per heavy atom. The predicted octanol–water partition coefficient (Wildman–Crippen LogP) is 3.20. The van der Waals surface area contributed by atoms with Crippen molar-refractivity contribution in [1.82, 2.24) is 9.88 Å². The van der Waals surface area contributed by atoms with Crippen LogP contribution in [0.25, 0.3) is 10.8 Å². The third-order valence-corrected chi connectivity index (χ3v) is 5.60. The van der Waals surface area contributed by atoms with E-state index in [1.54, 1.807) is 0 Å². The van der Waals surface area contributed by atoms with Crippen LogP contribution < -0.4 is 5.73 Å². The van der Waals surface area contributed by atoms with E-state index in [1.807, 2.05) is 11.3 Å². The molecule has 0 amide bonds. The summed E-state index contributed by atoms with van der Waals surface area (Å²) >= 11 is 1.87. The summed E-state index contributed by atoms with van der Waals surface area (Å²) in [7, 11) is 0. The Balaban J connectivity index is 1.60. The van der Waals surface area contributed by atoms with Crippen molar-refractivity contribution in [3.8, 4) is 0 Å². The summed E-state index contributed by atoms with van der Waals surface area (Å²) in [5.74, 6) is 0. The fourth-order valence-electron chi connectivity index (χ4n) is 3.36. The first-order chi connectivity index (χ1) is 11.3. The molecule has 1 aliphatic rings. The zero-order valence-electron chi connectivity index (χ0n) is 13.2. The predicted molar refractivity (Wildman–Crippen MR) is 96.9 cm³/mol. The van der Waals surface area contributed by atoms with Crippen LogP contribution in [0.3, 0.4) is 0 Å². The number of hydrogen-bond acceptors (Lipinski definition) is 4. The summed E-state index contributed by atoms with van der Waals surface area (Å²) in [4.78, 5) is 8.77. The lowest BCUT2D eigenvalue weighted by Crippen LogP contribution is -2.33. The Kier molecular flexibility index (Phi) is 4.12. The number of aromatic nitrogens is 1. The zero-order valence-corrected chi connectivity index (χ0v) is 14.0. The molecule has 0 bridgehead atoms. The second-order valence-electron chi connectivity index (χ2n) is 6.11. The van der Waals surface area contributed by atoms with E-state index in [0.717, 1.165) is 39.0 Å². The normalized spacial score (nSPS) is 15.0. The molecule has 0 radical (unpaired) electrons. The van der Waals surface area contributed by atoms with E-state index in [4.69, 9.17) is 10.7 Å². The maximum Gasteiger partial charge on any atom is 0.0975 e.